The third-order valence-electron chi connectivity index (χ3n) is 3.78. The maximum absolute atomic E-state index is 12.4. The molecule has 0 saturated carbocycles. The summed E-state index contributed by atoms with van der Waals surface area (Å²) < 4.78 is 29.6. The van der Waals surface area contributed by atoms with Crippen LogP contribution in [0.25, 0.3) is 0 Å². The van der Waals surface area contributed by atoms with Gasteiger partial charge in [-0.05, 0) is 36.8 Å². The van der Waals surface area contributed by atoms with Crippen molar-refractivity contribution in [3.8, 4) is 5.75 Å². The van der Waals surface area contributed by atoms with Gasteiger partial charge in [0.25, 0.3) is 5.91 Å². The minimum atomic E-state index is -3.63. The molecular formula is C19H20N2O6S. The van der Waals surface area contributed by atoms with Crippen molar-refractivity contribution in [3.05, 3.63) is 60.2 Å². The predicted molar refractivity (Wildman–Crippen MR) is 101 cm³/mol. The standard InChI is InChI=1S/C19H20N2O6S/c1-13(22)27-15-7-5-6-14(12-15)19(24)21-17(18(20)23)10-11-28(25,26)16-8-3-2-4-9-16/h2-9,12,17H,10-11H2,1H3,(H2,20,23)(H,21,24)/t17-/m1/s1. The van der Waals surface area contributed by atoms with E-state index < -0.39 is 33.7 Å². The molecule has 0 heterocycles. The molecule has 148 valence electrons. The van der Waals surface area contributed by atoms with Crippen molar-refractivity contribution in [3.63, 3.8) is 0 Å². The quantitative estimate of drug-likeness (QED) is 0.499. The highest BCUT2D eigenvalue weighted by molar-refractivity contribution is 7.91. The molecule has 0 aliphatic rings. The topological polar surface area (TPSA) is 133 Å². The monoisotopic (exact) mass is 404 g/mol. The SMILES string of the molecule is CC(=O)Oc1cccc(C(=O)N[C@H](CCS(=O)(=O)c2ccccc2)C(N)=O)c1. The van der Waals surface area contributed by atoms with E-state index >= 15 is 0 Å². The molecule has 0 aromatic heterocycles. The van der Waals surface area contributed by atoms with E-state index in [1.54, 1.807) is 18.2 Å². The molecule has 0 aliphatic carbocycles. The van der Waals surface area contributed by atoms with E-state index in [2.05, 4.69) is 5.32 Å². The molecule has 2 rings (SSSR count). The molecule has 0 aliphatic heterocycles. The van der Waals surface area contributed by atoms with Crippen LogP contribution in [0.4, 0.5) is 0 Å². The zero-order valence-corrected chi connectivity index (χ0v) is 15.9. The van der Waals surface area contributed by atoms with Crippen LogP contribution < -0.4 is 15.8 Å². The van der Waals surface area contributed by atoms with Crippen LogP contribution in [-0.2, 0) is 19.4 Å². The lowest BCUT2D eigenvalue weighted by molar-refractivity contribution is -0.131. The summed E-state index contributed by atoms with van der Waals surface area (Å²) in [4.78, 5) is 35.2. The summed E-state index contributed by atoms with van der Waals surface area (Å²) in [7, 11) is -3.63. The molecule has 0 bridgehead atoms. The van der Waals surface area contributed by atoms with Crippen LogP contribution in [0, 0.1) is 0 Å². The number of esters is 1. The van der Waals surface area contributed by atoms with E-state index in [1.807, 2.05) is 0 Å². The van der Waals surface area contributed by atoms with Gasteiger partial charge in [-0.2, -0.15) is 0 Å². The van der Waals surface area contributed by atoms with E-state index in [4.69, 9.17) is 10.5 Å². The highest BCUT2D eigenvalue weighted by Crippen LogP contribution is 2.15. The van der Waals surface area contributed by atoms with Crippen molar-refractivity contribution in [2.75, 3.05) is 5.75 Å². The molecule has 0 fully saturated rings. The first-order valence-corrected chi connectivity index (χ1v) is 10.0. The van der Waals surface area contributed by atoms with E-state index in [0.29, 0.717) is 0 Å². The molecule has 3 N–H and O–H groups in total. The first-order chi connectivity index (χ1) is 13.2. The number of ether oxygens (including phenoxy) is 1. The van der Waals surface area contributed by atoms with E-state index in [0.717, 1.165) is 0 Å². The molecule has 2 aromatic carbocycles. The number of amides is 2. The molecular weight excluding hydrogens is 384 g/mol. The fraction of sp³-hybridized carbons (Fsp3) is 0.211. The fourth-order valence-corrected chi connectivity index (χ4v) is 3.77. The maximum atomic E-state index is 12.4. The molecule has 0 radical (unpaired) electrons. The summed E-state index contributed by atoms with van der Waals surface area (Å²) in [6, 6.07) is 12.4. The summed E-state index contributed by atoms with van der Waals surface area (Å²) in [6.07, 6.45) is -0.179. The number of hydrogen-bond donors (Lipinski definition) is 2. The second-order valence-corrected chi connectivity index (χ2v) is 8.08. The fourth-order valence-electron chi connectivity index (χ4n) is 2.41. The van der Waals surface area contributed by atoms with Crippen molar-refractivity contribution in [1.29, 1.82) is 0 Å². The summed E-state index contributed by atoms with van der Waals surface area (Å²) in [5.74, 6) is -2.23. The van der Waals surface area contributed by atoms with Gasteiger partial charge < -0.3 is 15.8 Å². The number of hydrogen-bond acceptors (Lipinski definition) is 6. The Kier molecular flexibility index (Phi) is 6.89. The average Bonchev–Trinajstić information content (AvgIpc) is 2.65. The minimum absolute atomic E-state index is 0.124. The molecule has 2 amide bonds. The molecule has 9 heteroatoms. The lowest BCUT2D eigenvalue weighted by Crippen LogP contribution is -2.45. The normalized spacial score (nSPS) is 12.0. The van der Waals surface area contributed by atoms with Gasteiger partial charge in [-0.25, -0.2) is 8.42 Å². The van der Waals surface area contributed by atoms with Crippen LogP contribution in [0.1, 0.15) is 23.7 Å². The molecule has 28 heavy (non-hydrogen) atoms. The highest BCUT2D eigenvalue weighted by Gasteiger charge is 2.23. The van der Waals surface area contributed by atoms with E-state index in [1.165, 1.54) is 43.3 Å². The predicted octanol–water partition coefficient (Wildman–Crippen LogP) is 1.06. The van der Waals surface area contributed by atoms with Gasteiger partial charge in [0.1, 0.15) is 11.8 Å². The zero-order valence-electron chi connectivity index (χ0n) is 15.1. The first-order valence-electron chi connectivity index (χ1n) is 8.35. The summed E-state index contributed by atoms with van der Waals surface area (Å²) in [6.45, 7) is 1.23. The van der Waals surface area contributed by atoms with Crippen molar-refractivity contribution >= 4 is 27.6 Å². The van der Waals surface area contributed by atoms with Crippen molar-refractivity contribution in [2.45, 2.75) is 24.3 Å². The number of carbonyl (C=O) groups is 3. The lowest BCUT2D eigenvalue weighted by Gasteiger charge is -2.16. The minimum Gasteiger partial charge on any atom is -0.427 e. The van der Waals surface area contributed by atoms with Crippen LogP contribution >= 0.6 is 0 Å². The van der Waals surface area contributed by atoms with Crippen molar-refractivity contribution in [1.82, 2.24) is 5.32 Å². The largest absolute Gasteiger partial charge is 0.427 e. The Bertz CT molecular complexity index is 973. The van der Waals surface area contributed by atoms with Crippen LogP contribution in [0.3, 0.4) is 0 Å². The van der Waals surface area contributed by atoms with Crippen LogP contribution in [0.15, 0.2) is 59.5 Å². The molecule has 0 saturated heterocycles. The number of nitrogens with two attached hydrogens (primary N) is 1. The van der Waals surface area contributed by atoms with Gasteiger partial charge >= 0.3 is 5.97 Å². The Hall–Kier alpha value is -3.20. The zero-order chi connectivity index (χ0) is 20.7. The summed E-state index contributed by atoms with van der Waals surface area (Å²) >= 11 is 0. The Morgan fingerprint density at radius 1 is 1.07 bits per heavy atom. The van der Waals surface area contributed by atoms with Gasteiger partial charge in [0, 0.05) is 12.5 Å². The first kappa shape index (κ1) is 21.1. The molecule has 2 aromatic rings. The Morgan fingerprint density at radius 3 is 2.36 bits per heavy atom. The van der Waals surface area contributed by atoms with E-state index in [9.17, 15) is 22.8 Å². The third-order valence-corrected chi connectivity index (χ3v) is 5.55. The molecule has 0 spiro atoms. The number of primary amides is 1. The van der Waals surface area contributed by atoms with Crippen LogP contribution in [-0.4, -0.2) is 38.0 Å². The van der Waals surface area contributed by atoms with Gasteiger partial charge in [0.2, 0.25) is 5.91 Å². The maximum Gasteiger partial charge on any atom is 0.308 e. The Morgan fingerprint density at radius 2 is 1.75 bits per heavy atom. The van der Waals surface area contributed by atoms with Crippen molar-refractivity contribution < 1.29 is 27.5 Å². The van der Waals surface area contributed by atoms with Gasteiger partial charge in [-0.3, -0.25) is 14.4 Å². The van der Waals surface area contributed by atoms with Gasteiger partial charge in [0.15, 0.2) is 9.84 Å². The lowest BCUT2D eigenvalue weighted by atomic mass is 10.1. The molecule has 0 unspecified atom stereocenters. The van der Waals surface area contributed by atoms with Gasteiger partial charge in [-0.1, -0.05) is 24.3 Å². The second-order valence-electron chi connectivity index (χ2n) is 5.97. The number of rotatable bonds is 8. The number of sulfone groups is 1. The van der Waals surface area contributed by atoms with Gasteiger partial charge in [0.05, 0.1) is 10.6 Å². The smallest absolute Gasteiger partial charge is 0.308 e. The Labute approximate surface area is 162 Å². The van der Waals surface area contributed by atoms with Gasteiger partial charge in [-0.15, -0.1) is 0 Å². The number of benzene rings is 2. The third kappa shape index (κ3) is 5.92. The van der Waals surface area contributed by atoms with Crippen LogP contribution in [0.2, 0.25) is 0 Å². The summed E-state index contributed by atoms with van der Waals surface area (Å²) in [5, 5.41) is 2.42. The van der Waals surface area contributed by atoms with Crippen LogP contribution in [0.5, 0.6) is 5.75 Å². The van der Waals surface area contributed by atoms with E-state index in [-0.39, 0.29) is 28.4 Å². The molecule has 1 atom stereocenters. The second kappa shape index (κ2) is 9.14. The van der Waals surface area contributed by atoms with Crippen molar-refractivity contribution in [2.24, 2.45) is 5.73 Å². The molecule has 8 nitrogen and oxygen atoms in total. The summed E-state index contributed by atoms with van der Waals surface area (Å²) in [5.41, 5.74) is 5.44. The average molecular weight is 404 g/mol. The number of carbonyl (C=O) groups excluding carboxylic acids is 3. The number of nitrogens with one attached hydrogen (secondary N) is 1. The highest BCUT2D eigenvalue weighted by atomic mass is 32.2. The Balaban J connectivity index is 2.08.